The first kappa shape index (κ1) is 15.5. The van der Waals surface area contributed by atoms with Crippen LogP contribution in [0.15, 0.2) is 53.0 Å². The van der Waals surface area contributed by atoms with Crippen LogP contribution in [-0.4, -0.2) is 31.2 Å². The van der Waals surface area contributed by atoms with Gasteiger partial charge in [0.1, 0.15) is 0 Å². The number of nitrogens with one attached hydrogen (secondary N) is 1. The first-order valence-electron chi connectivity index (χ1n) is 6.60. The number of carbonyl (C=O) groups is 1. The fourth-order valence-corrected chi connectivity index (χ4v) is 2.39. The van der Waals surface area contributed by atoms with Crippen LogP contribution in [0.3, 0.4) is 0 Å². The molecule has 0 spiro atoms. The quantitative estimate of drug-likeness (QED) is 0.872. The molecule has 0 saturated heterocycles. The number of hydrogen-bond donors (Lipinski definition) is 2. The van der Waals surface area contributed by atoms with Crippen molar-refractivity contribution in [1.82, 2.24) is 0 Å². The number of hydrogen-bond acceptors (Lipinski definition) is 3. The summed E-state index contributed by atoms with van der Waals surface area (Å²) in [5, 5.41) is 11.8. The van der Waals surface area contributed by atoms with Crippen molar-refractivity contribution in [3.63, 3.8) is 0 Å². The maximum atomic E-state index is 12.2. The molecular weight excluding hydrogens is 332 g/mol. The van der Waals surface area contributed by atoms with E-state index in [1.54, 1.807) is 6.07 Å². The molecule has 5 heteroatoms. The van der Waals surface area contributed by atoms with Gasteiger partial charge in [0, 0.05) is 29.4 Å². The molecule has 2 rings (SSSR count). The SMILES string of the molecule is CN(CCO)c1ccc(NC(=O)c2ccccc2Br)cc1. The zero-order valence-electron chi connectivity index (χ0n) is 11.7. The van der Waals surface area contributed by atoms with Crippen LogP contribution in [-0.2, 0) is 0 Å². The number of nitrogens with zero attached hydrogens (tertiary/aromatic N) is 1. The molecule has 2 aromatic rings. The maximum absolute atomic E-state index is 12.2. The van der Waals surface area contributed by atoms with E-state index in [1.165, 1.54) is 0 Å². The summed E-state index contributed by atoms with van der Waals surface area (Å²) in [6.45, 7) is 0.680. The average molecular weight is 349 g/mol. The highest BCUT2D eigenvalue weighted by molar-refractivity contribution is 9.10. The van der Waals surface area contributed by atoms with Gasteiger partial charge in [0.15, 0.2) is 0 Å². The van der Waals surface area contributed by atoms with Crippen molar-refractivity contribution in [2.45, 2.75) is 0 Å². The van der Waals surface area contributed by atoms with Crippen molar-refractivity contribution < 1.29 is 9.90 Å². The summed E-state index contributed by atoms with van der Waals surface area (Å²) in [5.41, 5.74) is 2.32. The van der Waals surface area contributed by atoms with Gasteiger partial charge in [-0.25, -0.2) is 0 Å². The molecule has 0 aromatic heterocycles. The van der Waals surface area contributed by atoms with Gasteiger partial charge in [-0.15, -0.1) is 0 Å². The molecule has 0 aliphatic rings. The summed E-state index contributed by atoms with van der Waals surface area (Å²) in [4.78, 5) is 14.1. The number of anilines is 2. The predicted molar refractivity (Wildman–Crippen MR) is 88.9 cm³/mol. The summed E-state index contributed by atoms with van der Waals surface area (Å²) in [7, 11) is 1.91. The van der Waals surface area contributed by atoms with Crippen molar-refractivity contribution in [2.24, 2.45) is 0 Å². The van der Waals surface area contributed by atoms with Gasteiger partial charge in [0.25, 0.3) is 5.91 Å². The summed E-state index contributed by atoms with van der Waals surface area (Å²) < 4.78 is 0.766. The Kier molecular flexibility index (Phi) is 5.36. The van der Waals surface area contributed by atoms with E-state index in [9.17, 15) is 4.79 Å². The Morgan fingerprint density at radius 2 is 1.86 bits per heavy atom. The molecule has 0 aliphatic carbocycles. The van der Waals surface area contributed by atoms with Gasteiger partial charge in [-0.05, 0) is 52.3 Å². The highest BCUT2D eigenvalue weighted by Gasteiger charge is 2.09. The second kappa shape index (κ2) is 7.24. The molecule has 0 saturated carbocycles. The molecule has 0 heterocycles. The molecule has 21 heavy (non-hydrogen) atoms. The van der Waals surface area contributed by atoms with Gasteiger partial charge in [0.05, 0.1) is 12.2 Å². The van der Waals surface area contributed by atoms with Gasteiger partial charge < -0.3 is 15.3 Å². The Bertz CT molecular complexity index is 614. The second-order valence-corrected chi connectivity index (χ2v) is 5.48. The number of aliphatic hydroxyl groups excluding tert-OH is 1. The Morgan fingerprint density at radius 1 is 1.19 bits per heavy atom. The highest BCUT2D eigenvalue weighted by Crippen LogP contribution is 2.20. The molecule has 2 aromatic carbocycles. The highest BCUT2D eigenvalue weighted by atomic mass is 79.9. The minimum atomic E-state index is -0.154. The Hall–Kier alpha value is -1.85. The van der Waals surface area contributed by atoms with E-state index in [2.05, 4.69) is 21.2 Å². The zero-order chi connectivity index (χ0) is 15.2. The lowest BCUT2D eigenvalue weighted by atomic mass is 10.2. The third-order valence-corrected chi connectivity index (χ3v) is 3.81. The van der Waals surface area contributed by atoms with Gasteiger partial charge in [0.2, 0.25) is 0 Å². The van der Waals surface area contributed by atoms with Crippen molar-refractivity contribution >= 4 is 33.2 Å². The smallest absolute Gasteiger partial charge is 0.256 e. The van der Waals surface area contributed by atoms with E-state index in [-0.39, 0.29) is 12.5 Å². The minimum absolute atomic E-state index is 0.108. The normalized spacial score (nSPS) is 10.2. The van der Waals surface area contributed by atoms with E-state index < -0.39 is 0 Å². The summed E-state index contributed by atoms with van der Waals surface area (Å²) in [5.74, 6) is -0.154. The molecule has 0 fully saturated rings. The van der Waals surface area contributed by atoms with Crippen LogP contribution in [0.25, 0.3) is 0 Å². The summed E-state index contributed by atoms with van der Waals surface area (Å²) in [6, 6.07) is 14.8. The second-order valence-electron chi connectivity index (χ2n) is 4.63. The third-order valence-electron chi connectivity index (χ3n) is 3.12. The monoisotopic (exact) mass is 348 g/mol. The first-order chi connectivity index (χ1) is 10.1. The lowest BCUT2D eigenvalue weighted by Gasteiger charge is -2.18. The molecule has 1 amide bonds. The Morgan fingerprint density at radius 3 is 2.48 bits per heavy atom. The van der Waals surface area contributed by atoms with Crippen molar-refractivity contribution in [1.29, 1.82) is 0 Å². The molecule has 0 radical (unpaired) electrons. The fourth-order valence-electron chi connectivity index (χ4n) is 1.92. The molecule has 4 nitrogen and oxygen atoms in total. The van der Waals surface area contributed by atoms with Gasteiger partial charge in [-0.1, -0.05) is 12.1 Å². The van der Waals surface area contributed by atoms with Crippen LogP contribution in [0.1, 0.15) is 10.4 Å². The number of aliphatic hydroxyl groups is 1. The fraction of sp³-hybridized carbons (Fsp3) is 0.188. The molecular formula is C16H17BrN2O2. The molecule has 2 N–H and O–H groups in total. The van der Waals surface area contributed by atoms with Crippen molar-refractivity contribution in [3.8, 4) is 0 Å². The van der Waals surface area contributed by atoms with E-state index >= 15 is 0 Å². The Labute approximate surface area is 132 Å². The molecule has 0 bridgehead atoms. The third kappa shape index (κ3) is 4.06. The molecule has 0 aliphatic heterocycles. The van der Waals surface area contributed by atoms with Crippen LogP contribution in [0.4, 0.5) is 11.4 Å². The van der Waals surface area contributed by atoms with E-state index in [0.717, 1.165) is 15.8 Å². The van der Waals surface area contributed by atoms with Gasteiger partial charge in [-0.3, -0.25) is 4.79 Å². The minimum Gasteiger partial charge on any atom is -0.395 e. The average Bonchev–Trinajstić information content (AvgIpc) is 2.48. The molecule has 110 valence electrons. The van der Waals surface area contributed by atoms with Crippen LogP contribution >= 0.6 is 15.9 Å². The van der Waals surface area contributed by atoms with E-state index in [4.69, 9.17) is 5.11 Å². The van der Waals surface area contributed by atoms with E-state index in [0.29, 0.717) is 12.1 Å². The van der Waals surface area contributed by atoms with Crippen LogP contribution in [0, 0.1) is 0 Å². The largest absolute Gasteiger partial charge is 0.395 e. The number of amides is 1. The number of halogens is 1. The van der Waals surface area contributed by atoms with Gasteiger partial charge >= 0.3 is 0 Å². The van der Waals surface area contributed by atoms with Crippen LogP contribution in [0.2, 0.25) is 0 Å². The van der Waals surface area contributed by atoms with Crippen molar-refractivity contribution in [3.05, 3.63) is 58.6 Å². The molecule has 0 unspecified atom stereocenters. The number of rotatable bonds is 5. The number of benzene rings is 2. The summed E-state index contributed by atoms with van der Waals surface area (Å²) >= 11 is 3.37. The topological polar surface area (TPSA) is 52.6 Å². The lowest BCUT2D eigenvalue weighted by Crippen LogP contribution is -2.21. The van der Waals surface area contributed by atoms with E-state index in [1.807, 2.05) is 54.4 Å². The zero-order valence-corrected chi connectivity index (χ0v) is 13.3. The number of carbonyl (C=O) groups excluding carboxylic acids is 1. The lowest BCUT2D eigenvalue weighted by molar-refractivity contribution is 0.102. The standard InChI is InChI=1S/C16H17BrN2O2/c1-19(10-11-20)13-8-6-12(7-9-13)18-16(21)14-4-2-3-5-15(14)17/h2-9,20H,10-11H2,1H3,(H,18,21). The maximum Gasteiger partial charge on any atom is 0.256 e. The Balaban J connectivity index is 2.07. The first-order valence-corrected chi connectivity index (χ1v) is 7.39. The summed E-state index contributed by atoms with van der Waals surface area (Å²) in [6.07, 6.45) is 0. The van der Waals surface area contributed by atoms with Gasteiger partial charge in [-0.2, -0.15) is 0 Å². The number of likely N-dealkylation sites (N-methyl/N-ethyl adjacent to an activating group) is 1. The predicted octanol–water partition coefficient (Wildman–Crippen LogP) is 3.13. The van der Waals surface area contributed by atoms with Crippen molar-refractivity contribution in [2.75, 3.05) is 30.4 Å². The van der Waals surface area contributed by atoms with Crippen LogP contribution < -0.4 is 10.2 Å². The van der Waals surface area contributed by atoms with Crippen LogP contribution in [0.5, 0.6) is 0 Å². The molecule has 0 atom stereocenters.